The molecule has 2 atom stereocenters. The van der Waals surface area contributed by atoms with Crippen molar-refractivity contribution in [2.75, 3.05) is 0 Å². The van der Waals surface area contributed by atoms with Gasteiger partial charge in [0.15, 0.2) is 11.6 Å². The fraction of sp³-hybridized carbons (Fsp3) is 0.364. The maximum atomic E-state index is 12.2. The maximum Gasteiger partial charge on any atom is 0.179 e. The molecule has 0 amide bonds. The number of Topliss-reactive ketones (excluding diaryl/α,β-unsaturated/α-hetero) is 2. The first-order valence-electron chi connectivity index (χ1n) is 9.29. The molecule has 4 N–H and O–H groups in total. The van der Waals surface area contributed by atoms with Crippen molar-refractivity contribution in [1.82, 2.24) is 0 Å². The van der Waals surface area contributed by atoms with E-state index >= 15 is 0 Å². The van der Waals surface area contributed by atoms with Crippen LogP contribution in [0.2, 0.25) is 0 Å². The summed E-state index contributed by atoms with van der Waals surface area (Å²) in [5.74, 6) is 0.00200. The Balaban J connectivity index is 1.60. The monoisotopic (exact) mass is 352 g/mol. The van der Waals surface area contributed by atoms with Crippen LogP contribution in [-0.2, 0) is 0 Å². The summed E-state index contributed by atoms with van der Waals surface area (Å²) in [5.41, 5.74) is 13.3. The fourth-order valence-electron chi connectivity index (χ4n) is 2.98. The van der Waals surface area contributed by atoms with Gasteiger partial charge in [0.25, 0.3) is 0 Å². The zero-order chi connectivity index (χ0) is 18.8. The van der Waals surface area contributed by atoms with Gasteiger partial charge in [-0.1, -0.05) is 86.3 Å². The Morgan fingerprint density at radius 3 is 1.31 bits per heavy atom. The minimum Gasteiger partial charge on any atom is -0.321 e. The van der Waals surface area contributed by atoms with Crippen LogP contribution in [0.3, 0.4) is 0 Å². The third-order valence-electron chi connectivity index (χ3n) is 4.57. The molecule has 0 spiro atoms. The molecular formula is C22H28N2O2. The van der Waals surface area contributed by atoms with E-state index in [1.807, 2.05) is 36.4 Å². The Kier molecular flexibility index (Phi) is 8.19. The van der Waals surface area contributed by atoms with Gasteiger partial charge >= 0.3 is 0 Å². The molecule has 0 aliphatic rings. The van der Waals surface area contributed by atoms with E-state index in [9.17, 15) is 9.59 Å². The van der Waals surface area contributed by atoms with E-state index in [0.29, 0.717) is 24.0 Å². The summed E-state index contributed by atoms with van der Waals surface area (Å²) in [7, 11) is 0. The molecule has 0 aliphatic carbocycles. The Bertz CT molecular complexity index is 624. The van der Waals surface area contributed by atoms with E-state index in [4.69, 9.17) is 11.5 Å². The molecule has 2 unspecified atom stereocenters. The fourth-order valence-corrected chi connectivity index (χ4v) is 2.98. The lowest BCUT2D eigenvalue weighted by Gasteiger charge is -2.12. The highest BCUT2D eigenvalue weighted by Gasteiger charge is 2.16. The van der Waals surface area contributed by atoms with Gasteiger partial charge in [0, 0.05) is 11.1 Å². The lowest BCUT2D eigenvalue weighted by Crippen LogP contribution is -2.30. The van der Waals surface area contributed by atoms with E-state index in [1.54, 1.807) is 24.3 Å². The van der Waals surface area contributed by atoms with Gasteiger partial charge in [0.2, 0.25) is 0 Å². The molecule has 0 saturated carbocycles. The number of nitrogens with two attached hydrogens (primary N) is 2. The van der Waals surface area contributed by atoms with E-state index in [0.717, 1.165) is 25.7 Å². The highest BCUT2D eigenvalue weighted by atomic mass is 16.1. The predicted molar refractivity (Wildman–Crippen MR) is 105 cm³/mol. The van der Waals surface area contributed by atoms with Crippen molar-refractivity contribution < 1.29 is 9.59 Å². The molecule has 0 heterocycles. The van der Waals surface area contributed by atoms with Gasteiger partial charge in [-0.05, 0) is 12.8 Å². The Morgan fingerprint density at radius 2 is 0.962 bits per heavy atom. The molecule has 0 radical (unpaired) electrons. The Morgan fingerprint density at radius 1 is 0.615 bits per heavy atom. The molecule has 0 aromatic heterocycles. The Labute approximate surface area is 155 Å². The number of hydrogen-bond donors (Lipinski definition) is 2. The van der Waals surface area contributed by atoms with Crippen LogP contribution in [0, 0.1) is 0 Å². The average Bonchev–Trinajstić information content (AvgIpc) is 2.70. The topological polar surface area (TPSA) is 86.2 Å². The third kappa shape index (κ3) is 6.21. The smallest absolute Gasteiger partial charge is 0.179 e. The van der Waals surface area contributed by atoms with Gasteiger partial charge in [-0.3, -0.25) is 9.59 Å². The summed E-state index contributed by atoms with van der Waals surface area (Å²) < 4.78 is 0. The molecule has 2 aromatic carbocycles. The highest BCUT2D eigenvalue weighted by molar-refractivity contribution is 6.00. The van der Waals surface area contributed by atoms with E-state index in [-0.39, 0.29) is 11.6 Å². The quantitative estimate of drug-likeness (QED) is 0.476. The number of carbonyl (C=O) groups excluding carboxylic acids is 2. The number of ketones is 2. The van der Waals surface area contributed by atoms with Gasteiger partial charge in [0.1, 0.15) is 0 Å². The number of hydrogen-bond acceptors (Lipinski definition) is 4. The molecule has 0 fully saturated rings. The highest BCUT2D eigenvalue weighted by Crippen LogP contribution is 2.12. The van der Waals surface area contributed by atoms with Gasteiger partial charge in [-0.2, -0.15) is 0 Å². The van der Waals surface area contributed by atoms with Crippen LogP contribution in [0.4, 0.5) is 0 Å². The summed E-state index contributed by atoms with van der Waals surface area (Å²) in [5, 5.41) is 0. The van der Waals surface area contributed by atoms with Gasteiger partial charge in [-0.25, -0.2) is 0 Å². The maximum absolute atomic E-state index is 12.2. The molecule has 2 aromatic rings. The summed E-state index contributed by atoms with van der Waals surface area (Å²) >= 11 is 0. The van der Waals surface area contributed by atoms with E-state index in [2.05, 4.69) is 0 Å². The van der Waals surface area contributed by atoms with Crippen molar-refractivity contribution >= 4 is 11.6 Å². The molecular weight excluding hydrogens is 324 g/mol. The van der Waals surface area contributed by atoms with Crippen molar-refractivity contribution in [1.29, 1.82) is 0 Å². The largest absolute Gasteiger partial charge is 0.321 e. The first-order valence-corrected chi connectivity index (χ1v) is 9.29. The van der Waals surface area contributed by atoms with Crippen LogP contribution in [-0.4, -0.2) is 23.7 Å². The molecule has 26 heavy (non-hydrogen) atoms. The SMILES string of the molecule is NC(CCCCCCC(N)C(=O)c1ccccc1)C(=O)c1ccccc1. The standard InChI is InChI=1S/C22H28N2O2/c23-19(21(25)17-11-5-3-6-12-17)15-9-1-2-10-16-20(24)22(26)18-13-7-4-8-14-18/h3-8,11-14,19-20H,1-2,9-10,15-16,23-24H2. The number of benzene rings is 2. The number of rotatable bonds is 11. The molecule has 4 heteroatoms. The van der Waals surface area contributed by atoms with E-state index in [1.165, 1.54) is 0 Å². The normalized spacial score (nSPS) is 13.2. The average molecular weight is 352 g/mol. The third-order valence-corrected chi connectivity index (χ3v) is 4.57. The number of unbranched alkanes of at least 4 members (excludes halogenated alkanes) is 3. The predicted octanol–water partition coefficient (Wildman–Crippen LogP) is 3.75. The second kappa shape index (κ2) is 10.6. The molecule has 138 valence electrons. The second-order valence-electron chi connectivity index (χ2n) is 6.67. The molecule has 2 rings (SSSR count). The van der Waals surface area contributed by atoms with Crippen molar-refractivity contribution in [2.24, 2.45) is 11.5 Å². The number of carbonyl (C=O) groups is 2. The van der Waals surface area contributed by atoms with E-state index < -0.39 is 12.1 Å². The van der Waals surface area contributed by atoms with Crippen LogP contribution in [0.5, 0.6) is 0 Å². The minimum atomic E-state index is -0.445. The summed E-state index contributed by atoms with van der Waals surface area (Å²) in [4.78, 5) is 24.4. The Hall–Kier alpha value is -2.30. The minimum absolute atomic E-state index is 0.00100. The van der Waals surface area contributed by atoms with Crippen molar-refractivity contribution in [3.8, 4) is 0 Å². The summed E-state index contributed by atoms with van der Waals surface area (Å²) in [6.45, 7) is 0. The first-order chi connectivity index (χ1) is 12.6. The van der Waals surface area contributed by atoms with Gasteiger partial charge in [0.05, 0.1) is 12.1 Å². The zero-order valence-corrected chi connectivity index (χ0v) is 15.1. The lowest BCUT2D eigenvalue weighted by atomic mass is 9.97. The molecule has 0 saturated heterocycles. The second-order valence-corrected chi connectivity index (χ2v) is 6.67. The van der Waals surface area contributed by atoms with Crippen LogP contribution >= 0.6 is 0 Å². The molecule has 4 nitrogen and oxygen atoms in total. The van der Waals surface area contributed by atoms with Crippen molar-refractivity contribution in [2.45, 2.75) is 50.6 Å². The lowest BCUT2D eigenvalue weighted by molar-refractivity contribution is 0.0947. The first kappa shape index (κ1) is 20.0. The summed E-state index contributed by atoms with van der Waals surface area (Å²) in [6, 6.07) is 17.5. The van der Waals surface area contributed by atoms with Crippen LogP contribution in [0.25, 0.3) is 0 Å². The van der Waals surface area contributed by atoms with Gasteiger partial charge in [-0.15, -0.1) is 0 Å². The van der Waals surface area contributed by atoms with Crippen molar-refractivity contribution in [3.05, 3.63) is 71.8 Å². The van der Waals surface area contributed by atoms with Crippen LogP contribution < -0.4 is 11.5 Å². The summed E-state index contributed by atoms with van der Waals surface area (Å²) in [6.07, 6.45) is 5.15. The zero-order valence-electron chi connectivity index (χ0n) is 15.1. The van der Waals surface area contributed by atoms with Crippen molar-refractivity contribution in [3.63, 3.8) is 0 Å². The van der Waals surface area contributed by atoms with Crippen LogP contribution in [0.1, 0.15) is 59.2 Å². The van der Waals surface area contributed by atoms with Gasteiger partial charge < -0.3 is 11.5 Å². The molecule has 0 aliphatic heterocycles. The molecule has 0 bridgehead atoms. The van der Waals surface area contributed by atoms with Crippen LogP contribution in [0.15, 0.2) is 60.7 Å².